The van der Waals surface area contributed by atoms with E-state index in [2.05, 4.69) is 5.32 Å². The van der Waals surface area contributed by atoms with Crippen LogP contribution >= 0.6 is 0 Å². The van der Waals surface area contributed by atoms with Gasteiger partial charge >= 0.3 is 5.97 Å². The third kappa shape index (κ3) is 3.19. The molecule has 4 nitrogen and oxygen atoms in total. The topological polar surface area (TPSA) is 58.6 Å². The Morgan fingerprint density at radius 2 is 2.12 bits per heavy atom. The average molecular weight is 241 g/mol. The molecule has 0 heterocycles. The first-order valence-corrected chi connectivity index (χ1v) is 6.75. The standard InChI is InChI=1S/C13H23NO3/c1-2-14-13(12(15)16,11-5-6-11)9-17-8-7-10-3-4-10/h10-11,14H,2-9H2,1H3,(H,15,16). The number of carboxylic acids is 1. The summed E-state index contributed by atoms with van der Waals surface area (Å²) in [5.74, 6) is 0.337. The summed E-state index contributed by atoms with van der Waals surface area (Å²) < 4.78 is 5.62. The second-order valence-corrected chi connectivity index (χ2v) is 5.37. The number of rotatable bonds is 9. The van der Waals surface area contributed by atoms with Crippen LogP contribution < -0.4 is 5.32 Å². The van der Waals surface area contributed by atoms with E-state index in [1.165, 1.54) is 12.8 Å². The van der Waals surface area contributed by atoms with E-state index in [9.17, 15) is 9.90 Å². The lowest BCUT2D eigenvalue weighted by molar-refractivity contribution is -0.149. The Morgan fingerprint density at radius 3 is 2.59 bits per heavy atom. The molecule has 2 fully saturated rings. The highest BCUT2D eigenvalue weighted by Crippen LogP contribution is 2.40. The van der Waals surface area contributed by atoms with Gasteiger partial charge in [0.25, 0.3) is 0 Å². The minimum Gasteiger partial charge on any atom is -0.480 e. The molecule has 2 rings (SSSR count). The Labute approximate surface area is 103 Å². The lowest BCUT2D eigenvalue weighted by Gasteiger charge is -2.30. The first-order valence-electron chi connectivity index (χ1n) is 6.75. The molecule has 0 aromatic heterocycles. The zero-order valence-electron chi connectivity index (χ0n) is 10.6. The zero-order chi connectivity index (χ0) is 12.3. The Hall–Kier alpha value is -0.610. The van der Waals surface area contributed by atoms with E-state index in [0.29, 0.717) is 19.8 Å². The molecule has 0 spiro atoms. The minimum absolute atomic E-state index is 0.251. The SMILES string of the molecule is CCNC(COCCC1CC1)(C(=O)O)C1CC1. The number of likely N-dealkylation sites (N-methyl/N-ethyl adjacent to an activating group) is 1. The van der Waals surface area contributed by atoms with Crippen LogP contribution in [0.4, 0.5) is 0 Å². The fourth-order valence-corrected chi connectivity index (χ4v) is 2.41. The lowest BCUT2D eigenvalue weighted by Crippen LogP contribution is -2.57. The van der Waals surface area contributed by atoms with E-state index < -0.39 is 11.5 Å². The van der Waals surface area contributed by atoms with Crippen LogP contribution in [0, 0.1) is 11.8 Å². The van der Waals surface area contributed by atoms with Crippen molar-refractivity contribution in [3.8, 4) is 0 Å². The first-order chi connectivity index (χ1) is 8.19. The van der Waals surface area contributed by atoms with E-state index in [1.807, 2.05) is 6.92 Å². The van der Waals surface area contributed by atoms with Gasteiger partial charge in [-0.3, -0.25) is 10.1 Å². The maximum absolute atomic E-state index is 11.5. The molecular formula is C13H23NO3. The van der Waals surface area contributed by atoms with Crippen molar-refractivity contribution < 1.29 is 14.6 Å². The largest absolute Gasteiger partial charge is 0.480 e. The second-order valence-electron chi connectivity index (χ2n) is 5.37. The van der Waals surface area contributed by atoms with Gasteiger partial charge in [-0.25, -0.2) is 0 Å². The summed E-state index contributed by atoms with van der Waals surface area (Å²) in [6.45, 7) is 3.64. The van der Waals surface area contributed by atoms with Crippen LogP contribution in [0.15, 0.2) is 0 Å². The van der Waals surface area contributed by atoms with Crippen LogP contribution in [0.25, 0.3) is 0 Å². The first kappa shape index (κ1) is 12.8. The van der Waals surface area contributed by atoms with Crippen LogP contribution in [-0.4, -0.2) is 36.4 Å². The van der Waals surface area contributed by atoms with Gasteiger partial charge in [-0.15, -0.1) is 0 Å². The molecule has 0 aromatic rings. The molecule has 98 valence electrons. The normalized spacial score (nSPS) is 23.4. The van der Waals surface area contributed by atoms with Crippen molar-refractivity contribution in [2.75, 3.05) is 19.8 Å². The minimum atomic E-state index is -0.835. The van der Waals surface area contributed by atoms with Crippen molar-refractivity contribution in [3.63, 3.8) is 0 Å². The molecule has 0 amide bonds. The van der Waals surface area contributed by atoms with E-state index in [-0.39, 0.29) is 5.92 Å². The number of carbonyl (C=O) groups is 1. The van der Waals surface area contributed by atoms with Crippen LogP contribution in [0.2, 0.25) is 0 Å². The molecule has 2 saturated carbocycles. The van der Waals surface area contributed by atoms with Gasteiger partial charge in [0.2, 0.25) is 0 Å². The quantitative estimate of drug-likeness (QED) is 0.603. The van der Waals surface area contributed by atoms with Crippen molar-refractivity contribution >= 4 is 5.97 Å². The highest BCUT2D eigenvalue weighted by molar-refractivity contribution is 5.80. The van der Waals surface area contributed by atoms with Gasteiger partial charge < -0.3 is 9.84 Å². The van der Waals surface area contributed by atoms with Crippen molar-refractivity contribution in [3.05, 3.63) is 0 Å². The predicted octanol–water partition coefficient (Wildman–Crippen LogP) is 1.65. The van der Waals surface area contributed by atoms with E-state index in [1.54, 1.807) is 0 Å². The Balaban J connectivity index is 1.81. The number of hydrogen-bond acceptors (Lipinski definition) is 3. The predicted molar refractivity (Wildman–Crippen MR) is 64.9 cm³/mol. The fourth-order valence-electron chi connectivity index (χ4n) is 2.41. The number of ether oxygens (including phenoxy) is 1. The highest BCUT2D eigenvalue weighted by atomic mass is 16.5. The Morgan fingerprint density at radius 1 is 1.41 bits per heavy atom. The number of carboxylic acid groups (broad SMARTS) is 1. The number of aliphatic carboxylic acids is 1. The summed E-state index contributed by atoms with van der Waals surface area (Å²) in [5.41, 5.74) is -0.835. The second kappa shape index (κ2) is 5.36. The molecule has 2 N–H and O–H groups in total. The summed E-state index contributed by atoms with van der Waals surface area (Å²) in [6.07, 6.45) is 5.75. The third-order valence-electron chi connectivity index (χ3n) is 3.85. The van der Waals surface area contributed by atoms with Crippen molar-refractivity contribution in [1.29, 1.82) is 0 Å². The maximum atomic E-state index is 11.5. The van der Waals surface area contributed by atoms with E-state index >= 15 is 0 Å². The summed E-state index contributed by atoms with van der Waals surface area (Å²) in [4.78, 5) is 11.5. The van der Waals surface area contributed by atoms with Crippen LogP contribution in [0.5, 0.6) is 0 Å². The van der Waals surface area contributed by atoms with Gasteiger partial charge in [0.15, 0.2) is 0 Å². The Bertz CT molecular complexity index is 274. The van der Waals surface area contributed by atoms with Crippen LogP contribution in [0.3, 0.4) is 0 Å². The molecule has 2 aliphatic carbocycles. The van der Waals surface area contributed by atoms with E-state index in [0.717, 1.165) is 25.2 Å². The number of nitrogens with one attached hydrogen (secondary N) is 1. The molecule has 17 heavy (non-hydrogen) atoms. The van der Waals surface area contributed by atoms with Crippen molar-refractivity contribution in [1.82, 2.24) is 5.32 Å². The fraction of sp³-hybridized carbons (Fsp3) is 0.923. The average Bonchev–Trinajstić information content (AvgIpc) is 3.16. The lowest BCUT2D eigenvalue weighted by atomic mass is 9.94. The van der Waals surface area contributed by atoms with Gasteiger partial charge in [-0.2, -0.15) is 0 Å². The highest BCUT2D eigenvalue weighted by Gasteiger charge is 2.51. The van der Waals surface area contributed by atoms with Crippen molar-refractivity contribution in [2.24, 2.45) is 11.8 Å². The summed E-state index contributed by atoms with van der Waals surface area (Å²) in [6, 6.07) is 0. The molecule has 0 radical (unpaired) electrons. The Kier molecular flexibility index (Phi) is 4.05. The molecule has 0 saturated heterocycles. The molecule has 2 aliphatic rings. The van der Waals surface area contributed by atoms with Gasteiger partial charge in [0, 0.05) is 6.61 Å². The number of hydrogen-bond donors (Lipinski definition) is 2. The molecule has 1 unspecified atom stereocenters. The van der Waals surface area contributed by atoms with Gasteiger partial charge in [-0.05, 0) is 37.6 Å². The van der Waals surface area contributed by atoms with Crippen molar-refractivity contribution in [2.45, 2.75) is 44.6 Å². The smallest absolute Gasteiger partial charge is 0.326 e. The molecule has 0 aromatic carbocycles. The zero-order valence-corrected chi connectivity index (χ0v) is 10.6. The molecule has 0 bridgehead atoms. The molecule has 0 aliphatic heterocycles. The monoisotopic (exact) mass is 241 g/mol. The van der Waals surface area contributed by atoms with E-state index in [4.69, 9.17) is 4.74 Å². The van der Waals surface area contributed by atoms with Crippen LogP contribution in [0.1, 0.15) is 39.0 Å². The third-order valence-corrected chi connectivity index (χ3v) is 3.85. The molecule has 4 heteroatoms. The maximum Gasteiger partial charge on any atom is 0.326 e. The van der Waals surface area contributed by atoms with Gasteiger partial charge in [-0.1, -0.05) is 19.8 Å². The van der Waals surface area contributed by atoms with Crippen LogP contribution in [-0.2, 0) is 9.53 Å². The molecular weight excluding hydrogens is 218 g/mol. The van der Waals surface area contributed by atoms with Gasteiger partial charge in [0.1, 0.15) is 5.54 Å². The molecule has 1 atom stereocenters. The van der Waals surface area contributed by atoms with Gasteiger partial charge in [0.05, 0.1) is 6.61 Å². The summed E-state index contributed by atoms with van der Waals surface area (Å²) >= 11 is 0. The summed E-state index contributed by atoms with van der Waals surface area (Å²) in [5, 5.41) is 12.6. The summed E-state index contributed by atoms with van der Waals surface area (Å²) in [7, 11) is 0.